The molecule has 4 rings (SSSR count). The van der Waals surface area contributed by atoms with Crippen molar-refractivity contribution >= 4 is 58.6 Å². The van der Waals surface area contributed by atoms with Crippen LogP contribution in [0.2, 0.25) is 20.1 Å². The van der Waals surface area contributed by atoms with E-state index in [1.807, 2.05) is 65.8 Å². The van der Waals surface area contributed by atoms with Crippen molar-refractivity contribution in [3.8, 4) is 0 Å². The van der Waals surface area contributed by atoms with Crippen molar-refractivity contribution in [2.75, 3.05) is 13.1 Å². The number of hydrogen-bond donors (Lipinski definition) is 4. The Balaban J connectivity index is 0.000000260. The maximum atomic E-state index is 12.0. The fourth-order valence-electron chi connectivity index (χ4n) is 6.48. The van der Waals surface area contributed by atoms with Gasteiger partial charge in [-0.05, 0) is 128 Å². The van der Waals surface area contributed by atoms with E-state index in [-0.39, 0.29) is 10.8 Å². The first-order valence-corrected chi connectivity index (χ1v) is 17.9. The minimum absolute atomic E-state index is 0.372. The molecule has 0 heterocycles. The number of aliphatic hydroxyl groups is 2. The van der Waals surface area contributed by atoms with E-state index in [1.54, 1.807) is 12.1 Å². The van der Waals surface area contributed by atoms with Crippen LogP contribution in [0.1, 0.15) is 104 Å². The minimum Gasteiger partial charge on any atom is -0.444 e. The van der Waals surface area contributed by atoms with Gasteiger partial charge in [-0.1, -0.05) is 58.5 Å². The van der Waals surface area contributed by atoms with Gasteiger partial charge < -0.3 is 30.3 Å². The van der Waals surface area contributed by atoms with Crippen molar-refractivity contribution < 1.29 is 29.3 Å². The van der Waals surface area contributed by atoms with Gasteiger partial charge in [-0.25, -0.2) is 9.59 Å². The van der Waals surface area contributed by atoms with E-state index in [0.717, 1.165) is 49.7 Å². The van der Waals surface area contributed by atoms with E-state index in [1.165, 1.54) is 0 Å². The number of benzene rings is 2. The lowest BCUT2D eigenvalue weighted by Gasteiger charge is -2.40. The highest BCUT2D eigenvalue weighted by molar-refractivity contribution is 6.42. The monoisotopic (exact) mass is 746 g/mol. The Kier molecular flexibility index (Phi) is 14.2. The average Bonchev–Trinajstić information content (AvgIpc) is 2.96. The summed E-state index contributed by atoms with van der Waals surface area (Å²) in [4.78, 5) is 24.1. The van der Waals surface area contributed by atoms with Crippen LogP contribution >= 0.6 is 46.4 Å². The van der Waals surface area contributed by atoms with E-state index >= 15 is 0 Å². The number of carbonyl (C=O) groups is 2. The molecule has 2 aliphatic rings. The standard InChI is InChI=1S/2C18H25Cl2NO3/c2*1-17(2,3)24-16(23)21-11-18(8-4-5-13(22)10-18)12-6-7-14(19)15(20)9-12/h2*6-7,9,13,22H,4-5,8,10-11H2,1-3H3,(H,21,23)/t2*13-,18+/m10/s1. The first-order valence-electron chi connectivity index (χ1n) is 16.4. The number of alkyl carbamates (subject to hydrolysis) is 2. The van der Waals surface area contributed by atoms with Gasteiger partial charge in [-0.3, -0.25) is 0 Å². The van der Waals surface area contributed by atoms with Crippen LogP contribution in [-0.4, -0.2) is 58.9 Å². The molecule has 0 radical (unpaired) electrons. The number of carbonyl (C=O) groups excluding carboxylic acids is 2. The highest BCUT2D eigenvalue weighted by atomic mass is 35.5. The van der Waals surface area contributed by atoms with Crippen molar-refractivity contribution in [1.29, 1.82) is 0 Å². The lowest BCUT2D eigenvalue weighted by atomic mass is 9.68. The summed E-state index contributed by atoms with van der Waals surface area (Å²) < 4.78 is 10.6. The summed E-state index contributed by atoms with van der Waals surface area (Å²) in [5, 5.41) is 28.0. The molecule has 2 aromatic rings. The predicted octanol–water partition coefficient (Wildman–Crippen LogP) is 9.38. The lowest BCUT2D eigenvalue weighted by molar-refractivity contribution is 0.0458. The van der Waals surface area contributed by atoms with Crippen LogP contribution in [-0.2, 0) is 20.3 Å². The van der Waals surface area contributed by atoms with E-state index in [4.69, 9.17) is 55.9 Å². The van der Waals surface area contributed by atoms with Crippen LogP contribution < -0.4 is 10.6 Å². The Hall–Kier alpha value is -1.94. The second kappa shape index (κ2) is 16.8. The molecule has 2 aromatic carbocycles. The Bertz CT molecular complexity index is 1310. The van der Waals surface area contributed by atoms with Crippen molar-refractivity contribution in [1.82, 2.24) is 10.6 Å². The van der Waals surface area contributed by atoms with Crippen molar-refractivity contribution in [2.24, 2.45) is 0 Å². The smallest absolute Gasteiger partial charge is 0.407 e. The van der Waals surface area contributed by atoms with Crippen LogP contribution in [0.25, 0.3) is 0 Å². The van der Waals surface area contributed by atoms with Gasteiger partial charge in [-0.2, -0.15) is 0 Å². The number of aliphatic hydroxyl groups excluding tert-OH is 2. The zero-order valence-corrected chi connectivity index (χ0v) is 31.8. The molecule has 0 spiro atoms. The molecular weight excluding hydrogens is 698 g/mol. The molecule has 8 nitrogen and oxygen atoms in total. The summed E-state index contributed by atoms with van der Waals surface area (Å²) in [6.07, 6.45) is 4.48. The van der Waals surface area contributed by atoms with Crippen LogP contribution in [0, 0.1) is 0 Å². The molecule has 0 bridgehead atoms. The van der Waals surface area contributed by atoms with Gasteiger partial charge in [0.05, 0.1) is 32.3 Å². The van der Waals surface area contributed by atoms with Crippen LogP contribution in [0.5, 0.6) is 0 Å². The van der Waals surface area contributed by atoms with Crippen molar-refractivity contribution in [3.05, 3.63) is 67.6 Å². The minimum atomic E-state index is -0.549. The number of halogens is 4. The Morgan fingerprint density at radius 1 is 0.688 bits per heavy atom. The number of nitrogens with one attached hydrogen (secondary N) is 2. The molecule has 0 saturated heterocycles. The highest BCUT2D eigenvalue weighted by Gasteiger charge is 2.40. The molecule has 4 atom stereocenters. The first kappa shape index (κ1) is 40.5. The molecule has 0 aromatic heterocycles. The molecule has 4 N–H and O–H groups in total. The maximum absolute atomic E-state index is 12.0. The third-order valence-electron chi connectivity index (χ3n) is 8.64. The summed E-state index contributed by atoms with van der Waals surface area (Å²) >= 11 is 24.4. The van der Waals surface area contributed by atoms with Gasteiger partial charge in [-0.15, -0.1) is 0 Å². The maximum Gasteiger partial charge on any atom is 0.407 e. The SMILES string of the molecule is CC(C)(C)OC(=O)NC[C@@]1(c2ccc(Cl)c(Cl)c2)CCC[C@H](O)C1.CC(C)(C)OC(=O)NC[C@]1(c2ccc(Cl)c(Cl)c2)CCC[C@@H](O)C1. The lowest BCUT2D eigenvalue weighted by Crippen LogP contribution is -2.46. The number of amides is 2. The molecule has 268 valence electrons. The van der Waals surface area contributed by atoms with Gasteiger partial charge in [0.1, 0.15) is 11.2 Å². The highest BCUT2D eigenvalue weighted by Crippen LogP contribution is 2.42. The van der Waals surface area contributed by atoms with Crippen LogP contribution in [0.3, 0.4) is 0 Å². The normalized spacial score (nSPS) is 24.5. The van der Waals surface area contributed by atoms with Crippen LogP contribution in [0.4, 0.5) is 9.59 Å². The molecule has 2 fully saturated rings. The van der Waals surface area contributed by atoms with Gasteiger partial charge in [0.15, 0.2) is 0 Å². The van der Waals surface area contributed by atoms with Crippen molar-refractivity contribution in [2.45, 2.75) is 127 Å². The summed E-state index contributed by atoms with van der Waals surface area (Å²) in [6, 6.07) is 11.0. The summed E-state index contributed by atoms with van der Waals surface area (Å²) in [5.41, 5.74) is 0.115. The second-order valence-electron chi connectivity index (χ2n) is 15.0. The summed E-state index contributed by atoms with van der Waals surface area (Å²) in [6.45, 7) is 11.7. The molecule has 2 saturated carbocycles. The predicted molar refractivity (Wildman–Crippen MR) is 194 cm³/mol. The zero-order valence-electron chi connectivity index (χ0n) is 28.7. The fraction of sp³-hybridized carbons (Fsp3) is 0.611. The van der Waals surface area contributed by atoms with Gasteiger partial charge >= 0.3 is 12.2 Å². The first-order chi connectivity index (χ1) is 22.2. The van der Waals surface area contributed by atoms with Gasteiger partial charge in [0, 0.05) is 23.9 Å². The molecular formula is C36H50Cl4N2O6. The van der Waals surface area contributed by atoms with Gasteiger partial charge in [0.25, 0.3) is 0 Å². The summed E-state index contributed by atoms with van der Waals surface area (Å²) in [7, 11) is 0. The fourth-order valence-corrected chi connectivity index (χ4v) is 7.07. The Morgan fingerprint density at radius 2 is 1.04 bits per heavy atom. The van der Waals surface area contributed by atoms with E-state index in [2.05, 4.69) is 10.6 Å². The average molecular weight is 749 g/mol. The molecule has 12 heteroatoms. The molecule has 48 heavy (non-hydrogen) atoms. The van der Waals surface area contributed by atoms with E-state index in [9.17, 15) is 19.8 Å². The topological polar surface area (TPSA) is 117 Å². The molecule has 0 unspecified atom stereocenters. The van der Waals surface area contributed by atoms with Crippen molar-refractivity contribution in [3.63, 3.8) is 0 Å². The third-order valence-corrected chi connectivity index (χ3v) is 10.1. The van der Waals surface area contributed by atoms with E-state index < -0.39 is 35.6 Å². The summed E-state index contributed by atoms with van der Waals surface area (Å²) in [5.74, 6) is 0. The molecule has 0 aliphatic heterocycles. The van der Waals surface area contributed by atoms with Crippen LogP contribution in [0.15, 0.2) is 36.4 Å². The van der Waals surface area contributed by atoms with Gasteiger partial charge in [0.2, 0.25) is 0 Å². The number of ether oxygens (including phenoxy) is 2. The number of hydrogen-bond acceptors (Lipinski definition) is 6. The zero-order chi connectivity index (χ0) is 35.9. The Labute approximate surface area is 305 Å². The molecule has 2 amide bonds. The van der Waals surface area contributed by atoms with E-state index in [0.29, 0.717) is 46.0 Å². The second-order valence-corrected chi connectivity index (χ2v) is 16.7. The largest absolute Gasteiger partial charge is 0.444 e. The third kappa shape index (κ3) is 12.1. The quantitative estimate of drug-likeness (QED) is 0.234. The number of rotatable bonds is 6. The Morgan fingerprint density at radius 3 is 1.33 bits per heavy atom. The molecule has 2 aliphatic carbocycles.